The van der Waals surface area contributed by atoms with Crippen LogP contribution >= 0.6 is 0 Å². The molecule has 0 unspecified atom stereocenters. The quantitative estimate of drug-likeness (QED) is 0.807. The summed E-state index contributed by atoms with van der Waals surface area (Å²) in [4.78, 5) is 7.02. The van der Waals surface area contributed by atoms with Gasteiger partial charge in [0.2, 0.25) is 0 Å². The molecule has 5 nitrogen and oxygen atoms in total. The Labute approximate surface area is 135 Å². The van der Waals surface area contributed by atoms with Crippen LogP contribution in [-0.4, -0.2) is 42.7 Å². The second kappa shape index (κ2) is 5.93. The summed E-state index contributed by atoms with van der Waals surface area (Å²) in [5.41, 5.74) is 3.43. The van der Waals surface area contributed by atoms with Crippen molar-refractivity contribution in [3.63, 3.8) is 0 Å². The summed E-state index contributed by atoms with van der Waals surface area (Å²) in [6, 6.07) is 12.4. The molecular weight excluding hydrogens is 288 g/mol. The summed E-state index contributed by atoms with van der Waals surface area (Å²) in [6.07, 6.45) is 4.04. The van der Waals surface area contributed by atoms with E-state index < -0.39 is 0 Å². The van der Waals surface area contributed by atoms with Crippen molar-refractivity contribution in [2.75, 3.05) is 38.2 Å². The van der Waals surface area contributed by atoms with Crippen LogP contribution < -0.4 is 15.0 Å². The number of rotatable bonds is 3. The van der Waals surface area contributed by atoms with Crippen molar-refractivity contribution in [1.29, 1.82) is 0 Å². The minimum Gasteiger partial charge on any atom is -0.497 e. The van der Waals surface area contributed by atoms with Gasteiger partial charge >= 0.3 is 0 Å². The van der Waals surface area contributed by atoms with Crippen molar-refractivity contribution in [3.05, 3.63) is 48.8 Å². The topological polar surface area (TPSA) is 41.8 Å². The molecule has 1 fully saturated rings. The zero-order chi connectivity index (χ0) is 15.6. The molecule has 1 aliphatic rings. The monoisotopic (exact) mass is 308 g/mol. The maximum absolute atomic E-state index is 5.31. The number of methoxy groups -OCH3 is 1. The average Bonchev–Trinajstić information content (AvgIpc) is 3.05. The van der Waals surface area contributed by atoms with Gasteiger partial charge in [0.15, 0.2) is 0 Å². The van der Waals surface area contributed by atoms with Gasteiger partial charge in [-0.1, -0.05) is 12.1 Å². The molecule has 118 valence electrons. The second-order valence-corrected chi connectivity index (χ2v) is 5.73. The van der Waals surface area contributed by atoms with E-state index in [1.54, 1.807) is 7.11 Å². The van der Waals surface area contributed by atoms with E-state index in [0.29, 0.717) is 0 Å². The molecule has 0 bridgehead atoms. The highest BCUT2D eigenvalue weighted by molar-refractivity contribution is 5.67. The van der Waals surface area contributed by atoms with Crippen LogP contribution in [0.5, 0.6) is 5.75 Å². The lowest BCUT2D eigenvalue weighted by Gasteiger charge is -2.29. The van der Waals surface area contributed by atoms with E-state index in [1.165, 1.54) is 5.69 Å². The molecule has 5 heteroatoms. The lowest BCUT2D eigenvalue weighted by molar-refractivity contribution is 0.415. The maximum atomic E-state index is 5.31. The normalized spacial score (nSPS) is 15.1. The van der Waals surface area contributed by atoms with Gasteiger partial charge in [-0.2, -0.15) is 0 Å². The number of nitrogens with zero attached hydrogens (tertiary/aromatic N) is 3. The number of fused-ring (bicyclic) bond motifs is 1. The Morgan fingerprint density at radius 1 is 1.13 bits per heavy atom. The third-order valence-corrected chi connectivity index (χ3v) is 4.33. The highest BCUT2D eigenvalue weighted by atomic mass is 16.5. The number of benzene rings is 1. The fourth-order valence-corrected chi connectivity index (χ4v) is 3.08. The van der Waals surface area contributed by atoms with Gasteiger partial charge in [0, 0.05) is 43.6 Å². The highest BCUT2D eigenvalue weighted by Crippen LogP contribution is 2.26. The van der Waals surface area contributed by atoms with Crippen molar-refractivity contribution < 1.29 is 4.74 Å². The molecule has 1 N–H and O–H groups in total. The van der Waals surface area contributed by atoms with Crippen LogP contribution in [0, 0.1) is 0 Å². The molecule has 3 heterocycles. The molecule has 0 aliphatic carbocycles. The van der Waals surface area contributed by atoms with Crippen molar-refractivity contribution in [1.82, 2.24) is 14.7 Å². The third-order valence-electron chi connectivity index (χ3n) is 4.33. The molecule has 3 aromatic rings. The predicted octanol–water partition coefficient (Wildman–Crippen LogP) is 2.42. The van der Waals surface area contributed by atoms with E-state index in [0.717, 1.165) is 48.8 Å². The number of piperazine rings is 1. The Bertz CT molecular complexity index is 821. The van der Waals surface area contributed by atoms with Gasteiger partial charge in [-0.05, 0) is 24.3 Å². The van der Waals surface area contributed by atoms with Gasteiger partial charge in [-0.3, -0.25) is 4.40 Å². The van der Waals surface area contributed by atoms with Gasteiger partial charge in [0.05, 0.1) is 18.8 Å². The van der Waals surface area contributed by atoms with Gasteiger partial charge in [0.25, 0.3) is 0 Å². The molecule has 4 rings (SSSR count). The standard InChI is InChI=1S/C18H20N4O/c1-23-17-4-2-3-14(11-17)18-20-13-16-12-15(5-8-22(16)18)21-9-6-19-7-10-21/h2-5,8,11-13,19H,6-7,9-10H2,1H3. The third kappa shape index (κ3) is 2.64. The Kier molecular flexibility index (Phi) is 3.63. The maximum Gasteiger partial charge on any atom is 0.144 e. The molecule has 0 atom stereocenters. The Hall–Kier alpha value is -2.53. The van der Waals surface area contributed by atoms with Gasteiger partial charge in [-0.15, -0.1) is 0 Å². The first kappa shape index (κ1) is 14.1. The second-order valence-electron chi connectivity index (χ2n) is 5.73. The van der Waals surface area contributed by atoms with Crippen LogP contribution in [0.25, 0.3) is 16.9 Å². The highest BCUT2D eigenvalue weighted by Gasteiger charge is 2.13. The van der Waals surface area contributed by atoms with Crippen molar-refractivity contribution in [2.45, 2.75) is 0 Å². The SMILES string of the molecule is COc1cccc(-c2ncc3cc(N4CCNCC4)ccn23)c1. The predicted molar refractivity (Wildman–Crippen MR) is 92.3 cm³/mol. The van der Waals surface area contributed by atoms with Gasteiger partial charge in [0.1, 0.15) is 11.6 Å². The molecular formula is C18H20N4O. The van der Waals surface area contributed by atoms with Crippen LogP contribution in [0.1, 0.15) is 0 Å². The minimum atomic E-state index is 0.844. The number of imidazole rings is 1. The van der Waals surface area contributed by atoms with Crippen LogP contribution in [0.2, 0.25) is 0 Å². The number of nitrogens with one attached hydrogen (secondary N) is 1. The van der Waals surface area contributed by atoms with Gasteiger partial charge < -0.3 is 15.0 Å². The van der Waals surface area contributed by atoms with E-state index >= 15 is 0 Å². The molecule has 1 saturated heterocycles. The van der Waals surface area contributed by atoms with Crippen LogP contribution in [0.3, 0.4) is 0 Å². The lowest BCUT2D eigenvalue weighted by atomic mass is 10.2. The first-order chi connectivity index (χ1) is 11.3. The lowest BCUT2D eigenvalue weighted by Crippen LogP contribution is -2.43. The van der Waals surface area contributed by atoms with E-state index in [4.69, 9.17) is 4.74 Å². The molecule has 0 amide bonds. The molecule has 23 heavy (non-hydrogen) atoms. The summed E-state index contributed by atoms with van der Waals surface area (Å²) >= 11 is 0. The fraction of sp³-hybridized carbons (Fsp3) is 0.278. The van der Waals surface area contributed by atoms with Gasteiger partial charge in [-0.25, -0.2) is 4.98 Å². The van der Waals surface area contributed by atoms with E-state index in [1.807, 2.05) is 24.4 Å². The fourth-order valence-electron chi connectivity index (χ4n) is 3.08. The summed E-state index contributed by atoms with van der Waals surface area (Å²) < 4.78 is 7.44. The Morgan fingerprint density at radius 3 is 2.83 bits per heavy atom. The molecule has 2 aromatic heterocycles. The molecule has 0 spiro atoms. The first-order valence-electron chi connectivity index (χ1n) is 7.92. The number of hydrogen-bond acceptors (Lipinski definition) is 4. The summed E-state index contributed by atoms with van der Waals surface area (Å²) in [7, 11) is 1.68. The number of hydrogen-bond donors (Lipinski definition) is 1. The Morgan fingerprint density at radius 2 is 2.00 bits per heavy atom. The van der Waals surface area contributed by atoms with Crippen LogP contribution in [0.4, 0.5) is 5.69 Å². The largest absolute Gasteiger partial charge is 0.497 e. The number of anilines is 1. The van der Waals surface area contributed by atoms with Crippen molar-refractivity contribution >= 4 is 11.2 Å². The molecule has 0 radical (unpaired) electrons. The average molecular weight is 308 g/mol. The number of ether oxygens (including phenoxy) is 1. The molecule has 1 aliphatic heterocycles. The molecule has 1 aromatic carbocycles. The van der Waals surface area contributed by atoms with Crippen molar-refractivity contribution in [3.8, 4) is 17.1 Å². The summed E-state index contributed by atoms with van der Waals surface area (Å²) in [5.74, 6) is 1.78. The summed E-state index contributed by atoms with van der Waals surface area (Å²) in [5, 5.41) is 3.39. The van der Waals surface area contributed by atoms with Crippen LogP contribution in [0.15, 0.2) is 48.8 Å². The number of aromatic nitrogens is 2. The zero-order valence-corrected chi connectivity index (χ0v) is 13.2. The van der Waals surface area contributed by atoms with Crippen molar-refractivity contribution in [2.24, 2.45) is 0 Å². The minimum absolute atomic E-state index is 0.844. The number of pyridine rings is 1. The molecule has 0 saturated carbocycles. The Balaban J connectivity index is 1.72. The smallest absolute Gasteiger partial charge is 0.144 e. The van der Waals surface area contributed by atoms with E-state index in [2.05, 4.69) is 44.0 Å². The van der Waals surface area contributed by atoms with Crippen LogP contribution in [-0.2, 0) is 0 Å². The zero-order valence-electron chi connectivity index (χ0n) is 13.2. The van der Waals surface area contributed by atoms with E-state index in [-0.39, 0.29) is 0 Å². The first-order valence-corrected chi connectivity index (χ1v) is 7.92. The van der Waals surface area contributed by atoms with E-state index in [9.17, 15) is 0 Å². The summed E-state index contributed by atoms with van der Waals surface area (Å²) in [6.45, 7) is 4.18.